The molecule has 394 valence electrons. The molecule has 0 fully saturated rings. The lowest BCUT2D eigenvalue weighted by Gasteiger charge is -2.42. The van der Waals surface area contributed by atoms with Gasteiger partial charge >= 0.3 is 0 Å². The second-order valence-corrected chi connectivity index (χ2v) is 19.5. The monoisotopic (exact) mass is 1100 g/mol. The Morgan fingerprint density at radius 2 is 1.12 bits per heavy atom. The predicted molar refractivity (Wildman–Crippen MR) is 272 cm³/mol. The van der Waals surface area contributed by atoms with Crippen LogP contribution >= 0.6 is 15.9 Å². The van der Waals surface area contributed by atoms with E-state index in [2.05, 4.69) is 21.2 Å². The largest absolute Gasteiger partial charge is 0.483 e. The smallest absolute Gasteiger partial charge is 0.274 e. The SMILES string of the molecule is CC(C)N1C[C@@H]2COCc3c(Br)c(=O)c(OCc4ccccc4)c(n32)C1=O.CC(C)N1C[C@@H]2COCc3c(C(=O)NCc4ccc(F)cc4F)c(=O)c(OCc4ccccc4)c(n32)C1=O.NCc1ccc(F)cc1F. The number of hydrogen-bond acceptors (Lipinski definition) is 10. The minimum Gasteiger partial charge on any atom is -0.483 e. The Balaban J connectivity index is 0.000000174. The molecule has 0 spiro atoms. The van der Waals surface area contributed by atoms with Gasteiger partial charge in [0.2, 0.25) is 10.9 Å². The number of carbonyl (C=O) groups is 3. The lowest BCUT2D eigenvalue weighted by molar-refractivity contribution is 0.0186. The van der Waals surface area contributed by atoms with Gasteiger partial charge in [0.25, 0.3) is 17.7 Å². The summed E-state index contributed by atoms with van der Waals surface area (Å²) in [5.74, 6) is -4.11. The summed E-state index contributed by atoms with van der Waals surface area (Å²) < 4.78 is 79.5. The Morgan fingerprint density at radius 1 is 0.667 bits per heavy atom. The molecule has 20 heteroatoms. The van der Waals surface area contributed by atoms with E-state index in [0.717, 1.165) is 29.3 Å². The van der Waals surface area contributed by atoms with Gasteiger partial charge in [0.05, 0.1) is 54.4 Å². The van der Waals surface area contributed by atoms with Crippen molar-refractivity contribution in [3.8, 4) is 11.5 Å². The van der Waals surface area contributed by atoms with Crippen molar-refractivity contribution in [1.29, 1.82) is 0 Å². The second-order valence-electron chi connectivity index (χ2n) is 18.7. The molecule has 15 nitrogen and oxygen atoms in total. The third kappa shape index (κ3) is 11.6. The van der Waals surface area contributed by atoms with Gasteiger partial charge in [-0.15, -0.1) is 0 Å². The van der Waals surface area contributed by atoms with Crippen molar-refractivity contribution < 1.29 is 50.9 Å². The maximum atomic E-state index is 14.1. The van der Waals surface area contributed by atoms with Crippen molar-refractivity contribution in [1.82, 2.24) is 24.3 Å². The molecule has 0 saturated carbocycles. The first-order chi connectivity index (χ1) is 36.0. The summed E-state index contributed by atoms with van der Waals surface area (Å²) in [5.41, 5.74) is 7.36. The van der Waals surface area contributed by atoms with Gasteiger partial charge < -0.3 is 48.9 Å². The van der Waals surface area contributed by atoms with Gasteiger partial charge in [-0.3, -0.25) is 24.0 Å². The highest BCUT2D eigenvalue weighted by Gasteiger charge is 2.43. The number of amides is 3. The van der Waals surface area contributed by atoms with E-state index < -0.39 is 34.6 Å². The summed E-state index contributed by atoms with van der Waals surface area (Å²) in [5, 5.41) is 2.55. The van der Waals surface area contributed by atoms with Gasteiger partial charge in [-0.25, -0.2) is 17.6 Å². The fraction of sp³-hybridized carbons (Fsp3) is 0.327. The number of carbonyl (C=O) groups excluding carboxylic acids is 3. The molecule has 4 aliphatic rings. The van der Waals surface area contributed by atoms with Crippen LogP contribution in [0.1, 0.15) is 105 Å². The van der Waals surface area contributed by atoms with Crippen LogP contribution in [0.2, 0.25) is 0 Å². The summed E-state index contributed by atoms with van der Waals surface area (Å²) in [6.45, 7) is 9.74. The Bertz CT molecular complexity index is 3230. The zero-order chi connectivity index (χ0) is 53.7. The van der Waals surface area contributed by atoms with E-state index in [9.17, 15) is 41.5 Å². The number of nitrogens with zero attached hydrogens (tertiary/aromatic N) is 4. The summed E-state index contributed by atoms with van der Waals surface area (Å²) in [6, 6.07) is 24.7. The number of hydrogen-bond donors (Lipinski definition) is 2. The number of nitrogens with two attached hydrogens (primary N) is 1. The average Bonchev–Trinajstić information content (AvgIpc) is 3.39. The average molecular weight is 1100 g/mol. The Kier molecular flexibility index (Phi) is 17.0. The fourth-order valence-electron chi connectivity index (χ4n) is 9.25. The third-order valence-corrected chi connectivity index (χ3v) is 13.9. The first-order valence-electron chi connectivity index (χ1n) is 24.2. The normalized spacial score (nSPS) is 16.3. The van der Waals surface area contributed by atoms with E-state index in [1.165, 1.54) is 18.2 Å². The number of halogens is 5. The zero-order valence-electron chi connectivity index (χ0n) is 41.5. The van der Waals surface area contributed by atoms with E-state index >= 15 is 0 Å². The van der Waals surface area contributed by atoms with Gasteiger partial charge in [0.15, 0.2) is 22.9 Å². The number of aromatic nitrogens is 2. The Morgan fingerprint density at radius 3 is 1.59 bits per heavy atom. The van der Waals surface area contributed by atoms with Gasteiger partial charge in [-0.05, 0) is 66.9 Å². The molecule has 0 unspecified atom stereocenters. The van der Waals surface area contributed by atoms with Crippen LogP contribution in [-0.4, -0.2) is 75.0 Å². The molecule has 4 aliphatic heterocycles. The molecule has 0 radical (unpaired) electrons. The standard InChI is InChI=1S/C28H27F2N3O5.C20H21BrN2O4.C7H7F2N/c1-16(2)32-12-20-14-37-15-22-23(27(35)31-11-18-8-9-19(29)10-21(18)30)25(34)26(24(28(32)36)33(20)22)38-13-17-6-4-3-5-7-17;1-12(2)22-8-14-10-26-11-15-16(21)18(24)19(17(20(22)25)23(14)15)27-9-13-6-4-3-5-7-13;8-6-2-1-5(4-10)7(9)3-6/h3-10,16,20H,11-15H2,1-2H3,(H,31,35);3-7,12,14H,8-11H2,1-2H3;1-3H,4,10H2/t20-;14-;/m11./s1. The Hall–Kier alpha value is -7.13. The van der Waals surface area contributed by atoms with Crippen LogP contribution in [-0.2, 0) is 49.0 Å². The van der Waals surface area contributed by atoms with E-state index in [1.54, 1.807) is 14.4 Å². The molecule has 2 aromatic heterocycles. The highest BCUT2D eigenvalue weighted by atomic mass is 79.9. The molecule has 3 amide bonds. The van der Waals surface area contributed by atoms with Crippen LogP contribution in [0.4, 0.5) is 17.6 Å². The summed E-state index contributed by atoms with van der Waals surface area (Å²) in [7, 11) is 0. The molecular weight excluding hydrogens is 1040 g/mol. The summed E-state index contributed by atoms with van der Waals surface area (Å²) in [4.78, 5) is 70.4. The number of pyridine rings is 2. The molecular formula is C55H55BrF4N6O9. The van der Waals surface area contributed by atoms with Crippen LogP contribution in [0.5, 0.6) is 11.5 Å². The van der Waals surface area contributed by atoms with E-state index in [4.69, 9.17) is 24.7 Å². The molecule has 4 aromatic carbocycles. The fourth-order valence-corrected chi connectivity index (χ4v) is 9.73. The van der Waals surface area contributed by atoms with E-state index in [0.29, 0.717) is 54.3 Å². The molecule has 2 atom stereocenters. The maximum Gasteiger partial charge on any atom is 0.274 e. The molecule has 3 N–H and O–H groups in total. The lowest BCUT2D eigenvalue weighted by Crippen LogP contribution is -2.51. The van der Waals surface area contributed by atoms with Crippen molar-refractivity contribution in [3.05, 3.63) is 196 Å². The van der Waals surface area contributed by atoms with Crippen molar-refractivity contribution in [2.75, 3.05) is 26.3 Å². The molecule has 10 rings (SSSR count). The zero-order valence-corrected chi connectivity index (χ0v) is 43.1. The quantitative estimate of drug-likeness (QED) is 0.114. The molecule has 75 heavy (non-hydrogen) atoms. The molecule has 6 aromatic rings. The Labute approximate surface area is 437 Å². The minimum absolute atomic E-state index is 0.0143. The van der Waals surface area contributed by atoms with Gasteiger partial charge in [0.1, 0.15) is 42.0 Å². The van der Waals surface area contributed by atoms with Crippen molar-refractivity contribution in [2.45, 2.75) is 91.4 Å². The second kappa shape index (κ2) is 23.6. The maximum absolute atomic E-state index is 14.1. The van der Waals surface area contributed by atoms with Crippen LogP contribution in [0.15, 0.2) is 111 Å². The minimum atomic E-state index is -0.816. The number of benzene rings is 4. The molecule has 0 bridgehead atoms. The first kappa shape index (κ1) is 54.1. The van der Waals surface area contributed by atoms with Crippen LogP contribution < -0.4 is 31.4 Å². The van der Waals surface area contributed by atoms with E-state index in [1.807, 2.05) is 92.9 Å². The number of nitrogens with one attached hydrogen (secondary N) is 1. The van der Waals surface area contributed by atoms with Gasteiger partial charge in [-0.2, -0.15) is 0 Å². The lowest BCUT2D eigenvalue weighted by atomic mass is 10.0. The highest BCUT2D eigenvalue weighted by molar-refractivity contribution is 9.10. The van der Waals surface area contributed by atoms with Crippen molar-refractivity contribution >= 4 is 33.7 Å². The van der Waals surface area contributed by atoms with Crippen LogP contribution in [0, 0.1) is 23.3 Å². The van der Waals surface area contributed by atoms with Gasteiger partial charge in [0, 0.05) is 61.5 Å². The molecule has 6 heterocycles. The topological polar surface area (TPSA) is 177 Å². The third-order valence-electron chi connectivity index (χ3n) is 13.1. The molecule has 0 saturated heterocycles. The van der Waals surface area contributed by atoms with Crippen LogP contribution in [0.25, 0.3) is 0 Å². The highest BCUT2D eigenvalue weighted by Crippen LogP contribution is 2.37. The van der Waals surface area contributed by atoms with Crippen molar-refractivity contribution in [3.63, 3.8) is 0 Å². The predicted octanol–water partition coefficient (Wildman–Crippen LogP) is 8.12. The van der Waals surface area contributed by atoms with Crippen molar-refractivity contribution in [2.24, 2.45) is 5.73 Å². The summed E-state index contributed by atoms with van der Waals surface area (Å²) in [6.07, 6.45) is 0. The first-order valence-corrected chi connectivity index (χ1v) is 25.0. The molecule has 0 aliphatic carbocycles. The van der Waals surface area contributed by atoms with E-state index in [-0.39, 0.29) is 108 Å². The number of ether oxygens (including phenoxy) is 4. The number of rotatable bonds is 12. The van der Waals surface area contributed by atoms with Gasteiger partial charge in [-0.1, -0.05) is 72.8 Å². The summed E-state index contributed by atoms with van der Waals surface area (Å²) >= 11 is 3.40. The van der Waals surface area contributed by atoms with Crippen LogP contribution in [0.3, 0.4) is 0 Å².